The second kappa shape index (κ2) is 7.34. The van der Waals surface area contributed by atoms with Crippen molar-refractivity contribution in [3.8, 4) is 0 Å². The van der Waals surface area contributed by atoms with Crippen LogP contribution in [0.3, 0.4) is 0 Å². The second-order valence-corrected chi connectivity index (χ2v) is 6.95. The molecule has 2 aromatic rings. The highest BCUT2D eigenvalue weighted by Crippen LogP contribution is 2.24. The molecule has 1 saturated heterocycles. The fraction of sp³-hybridized carbons (Fsp3) is 0.579. The number of benzene rings is 1. The van der Waals surface area contributed by atoms with Crippen LogP contribution in [0.15, 0.2) is 24.3 Å². The number of amides is 1. The number of hydrogen-bond donors (Lipinski definition) is 1. The molecule has 2 heterocycles. The summed E-state index contributed by atoms with van der Waals surface area (Å²) < 4.78 is 2.32. The Bertz CT molecular complexity index is 706. The molecule has 5 heteroatoms. The number of nitrogens with one attached hydrogen (secondary N) is 1. The molecule has 1 amide bonds. The Kier molecular flexibility index (Phi) is 5.19. The van der Waals surface area contributed by atoms with Crippen LogP contribution in [-0.2, 0) is 11.3 Å². The van der Waals surface area contributed by atoms with Gasteiger partial charge >= 0.3 is 0 Å². The number of carbonyl (C=O) groups excluding carboxylic acids is 1. The van der Waals surface area contributed by atoms with Gasteiger partial charge in [-0.25, -0.2) is 4.98 Å². The number of piperidine rings is 1. The third kappa shape index (κ3) is 3.46. The monoisotopic (exact) mass is 328 g/mol. The van der Waals surface area contributed by atoms with Crippen LogP contribution in [-0.4, -0.2) is 40.0 Å². The topological polar surface area (TPSA) is 50.2 Å². The molecular formula is C19H28N4O. The molecule has 0 bridgehead atoms. The lowest BCUT2D eigenvalue weighted by Gasteiger charge is -2.32. The molecule has 0 spiro atoms. The first-order chi connectivity index (χ1) is 11.6. The summed E-state index contributed by atoms with van der Waals surface area (Å²) in [6.07, 6.45) is 2.06. The SMILES string of the molecule is CCNC(=O)[C@H]1CCCN(Cc2nc3ccccc3n2C(C)C)C1. The van der Waals surface area contributed by atoms with Crippen molar-refractivity contribution in [2.75, 3.05) is 19.6 Å². The maximum atomic E-state index is 12.2. The second-order valence-electron chi connectivity index (χ2n) is 6.95. The van der Waals surface area contributed by atoms with Crippen molar-refractivity contribution >= 4 is 16.9 Å². The first kappa shape index (κ1) is 17.0. The number of carbonyl (C=O) groups is 1. The van der Waals surface area contributed by atoms with Gasteiger partial charge in [-0.15, -0.1) is 0 Å². The molecule has 5 nitrogen and oxygen atoms in total. The molecule has 1 aromatic heterocycles. The molecule has 1 fully saturated rings. The van der Waals surface area contributed by atoms with Crippen molar-refractivity contribution in [2.24, 2.45) is 5.92 Å². The molecular weight excluding hydrogens is 300 g/mol. The predicted molar refractivity (Wildman–Crippen MR) is 96.8 cm³/mol. The Morgan fingerprint density at radius 2 is 2.17 bits per heavy atom. The lowest BCUT2D eigenvalue weighted by Crippen LogP contribution is -2.43. The minimum atomic E-state index is 0.107. The summed E-state index contributed by atoms with van der Waals surface area (Å²) in [7, 11) is 0. The van der Waals surface area contributed by atoms with Gasteiger partial charge in [0.25, 0.3) is 0 Å². The summed E-state index contributed by atoms with van der Waals surface area (Å²) in [5.74, 6) is 1.40. The molecule has 1 N–H and O–H groups in total. The van der Waals surface area contributed by atoms with Crippen molar-refractivity contribution < 1.29 is 4.79 Å². The van der Waals surface area contributed by atoms with Gasteiger partial charge in [-0.3, -0.25) is 9.69 Å². The highest BCUT2D eigenvalue weighted by atomic mass is 16.1. The standard InChI is InChI=1S/C19H28N4O/c1-4-20-19(24)15-8-7-11-22(12-15)13-18-21-16-9-5-6-10-17(16)23(18)14(2)3/h5-6,9-10,14-15H,4,7-8,11-13H2,1-3H3,(H,20,24)/t15-/m0/s1. The molecule has 130 valence electrons. The van der Waals surface area contributed by atoms with E-state index in [2.05, 4.69) is 46.8 Å². The molecule has 1 aliphatic heterocycles. The first-order valence-corrected chi connectivity index (χ1v) is 9.06. The van der Waals surface area contributed by atoms with Crippen LogP contribution >= 0.6 is 0 Å². The lowest BCUT2D eigenvalue weighted by atomic mass is 9.97. The van der Waals surface area contributed by atoms with E-state index < -0.39 is 0 Å². The maximum Gasteiger partial charge on any atom is 0.224 e. The third-order valence-electron chi connectivity index (χ3n) is 4.78. The summed E-state index contributed by atoms with van der Waals surface area (Å²) in [6, 6.07) is 8.69. The molecule has 0 unspecified atom stereocenters. The predicted octanol–water partition coefficient (Wildman–Crippen LogP) is 2.97. The van der Waals surface area contributed by atoms with Gasteiger partial charge in [-0.05, 0) is 52.3 Å². The average Bonchev–Trinajstić information content (AvgIpc) is 2.93. The number of rotatable bonds is 5. The van der Waals surface area contributed by atoms with Crippen molar-refractivity contribution in [3.63, 3.8) is 0 Å². The molecule has 1 atom stereocenters. The zero-order chi connectivity index (χ0) is 17.1. The Morgan fingerprint density at radius 3 is 2.92 bits per heavy atom. The van der Waals surface area contributed by atoms with E-state index in [9.17, 15) is 4.79 Å². The smallest absolute Gasteiger partial charge is 0.224 e. The van der Waals surface area contributed by atoms with Gasteiger partial charge in [0.2, 0.25) is 5.91 Å². The summed E-state index contributed by atoms with van der Waals surface area (Å²) in [4.78, 5) is 19.4. The summed E-state index contributed by atoms with van der Waals surface area (Å²) in [6.45, 7) is 9.76. The van der Waals surface area contributed by atoms with E-state index in [0.717, 1.165) is 43.8 Å². The zero-order valence-corrected chi connectivity index (χ0v) is 15.0. The van der Waals surface area contributed by atoms with Crippen LogP contribution in [0.25, 0.3) is 11.0 Å². The van der Waals surface area contributed by atoms with E-state index in [1.807, 2.05) is 13.0 Å². The largest absolute Gasteiger partial charge is 0.356 e. The Labute approximate surface area is 144 Å². The fourth-order valence-corrected chi connectivity index (χ4v) is 3.71. The number of hydrogen-bond acceptors (Lipinski definition) is 3. The minimum absolute atomic E-state index is 0.107. The van der Waals surface area contributed by atoms with Gasteiger partial charge in [0.15, 0.2) is 0 Å². The third-order valence-corrected chi connectivity index (χ3v) is 4.78. The van der Waals surface area contributed by atoms with E-state index in [4.69, 9.17) is 4.98 Å². The number of aromatic nitrogens is 2. The molecule has 3 rings (SSSR count). The summed E-state index contributed by atoms with van der Waals surface area (Å²) >= 11 is 0. The number of likely N-dealkylation sites (tertiary alicyclic amines) is 1. The molecule has 24 heavy (non-hydrogen) atoms. The van der Waals surface area contributed by atoms with Crippen molar-refractivity contribution in [3.05, 3.63) is 30.1 Å². The van der Waals surface area contributed by atoms with Gasteiger partial charge in [0, 0.05) is 19.1 Å². The Balaban J connectivity index is 1.79. The van der Waals surface area contributed by atoms with Crippen LogP contribution in [0.4, 0.5) is 0 Å². The summed E-state index contributed by atoms with van der Waals surface area (Å²) in [5, 5.41) is 2.96. The molecule has 1 aliphatic rings. The van der Waals surface area contributed by atoms with E-state index >= 15 is 0 Å². The van der Waals surface area contributed by atoms with E-state index in [0.29, 0.717) is 12.6 Å². The number of fused-ring (bicyclic) bond motifs is 1. The van der Waals surface area contributed by atoms with Crippen molar-refractivity contribution in [1.29, 1.82) is 0 Å². The maximum absolute atomic E-state index is 12.2. The van der Waals surface area contributed by atoms with E-state index in [1.165, 1.54) is 5.52 Å². The van der Waals surface area contributed by atoms with Crippen LogP contribution in [0, 0.1) is 5.92 Å². The van der Waals surface area contributed by atoms with Gasteiger partial charge in [0.1, 0.15) is 5.82 Å². The number of nitrogens with zero attached hydrogens (tertiary/aromatic N) is 3. The molecule has 0 radical (unpaired) electrons. The lowest BCUT2D eigenvalue weighted by molar-refractivity contribution is -0.126. The highest BCUT2D eigenvalue weighted by Gasteiger charge is 2.26. The zero-order valence-electron chi connectivity index (χ0n) is 15.0. The van der Waals surface area contributed by atoms with E-state index in [1.54, 1.807) is 0 Å². The Hall–Kier alpha value is -1.88. The van der Waals surface area contributed by atoms with Crippen LogP contribution in [0.2, 0.25) is 0 Å². The normalized spacial score (nSPS) is 19.1. The highest BCUT2D eigenvalue weighted by molar-refractivity contribution is 5.79. The van der Waals surface area contributed by atoms with Gasteiger partial charge < -0.3 is 9.88 Å². The van der Waals surface area contributed by atoms with Gasteiger partial charge in [-0.2, -0.15) is 0 Å². The molecule has 0 saturated carbocycles. The molecule has 1 aromatic carbocycles. The van der Waals surface area contributed by atoms with Crippen LogP contribution in [0.5, 0.6) is 0 Å². The minimum Gasteiger partial charge on any atom is -0.356 e. The van der Waals surface area contributed by atoms with Gasteiger partial charge in [0.05, 0.1) is 23.5 Å². The molecule has 0 aliphatic carbocycles. The quantitative estimate of drug-likeness (QED) is 0.918. The van der Waals surface area contributed by atoms with Gasteiger partial charge in [-0.1, -0.05) is 12.1 Å². The van der Waals surface area contributed by atoms with E-state index in [-0.39, 0.29) is 11.8 Å². The fourth-order valence-electron chi connectivity index (χ4n) is 3.71. The van der Waals surface area contributed by atoms with Crippen molar-refractivity contribution in [1.82, 2.24) is 19.8 Å². The number of imidazole rings is 1. The first-order valence-electron chi connectivity index (χ1n) is 9.06. The summed E-state index contributed by atoms with van der Waals surface area (Å²) in [5.41, 5.74) is 2.25. The average molecular weight is 328 g/mol. The Morgan fingerprint density at radius 1 is 1.38 bits per heavy atom. The van der Waals surface area contributed by atoms with Crippen molar-refractivity contribution in [2.45, 2.75) is 46.2 Å². The van der Waals surface area contributed by atoms with Crippen LogP contribution < -0.4 is 5.32 Å². The van der Waals surface area contributed by atoms with Crippen LogP contribution in [0.1, 0.15) is 45.5 Å². The number of para-hydroxylation sites is 2.